The van der Waals surface area contributed by atoms with Crippen LogP contribution in [0.15, 0.2) is 5.38 Å². The molecule has 1 rings (SSSR count). The van der Waals surface area contributed by atoms with E-state index in [2.05, 4.69) is 24.1 Å². The van der Waals surface area contributed by atoms with Gasteiger partial charge in [-0.1, -0.05) is 13.8 Å². The van der Waals surface area contributed by atoms with Crippen molar-refractivity contribution in [3.8, 4) is 0 Å². The van der Waals surface area contributed by atoms with E-state index >= 15 is 0 Å². The summed E-state index contributed by atoms with van der Waals surface area (Å²) < 4.78 is 0. The van der Waals surface area contributed by atoms with Gasteiger partial charge in [0.05, 0.1) is 16.8 Å². The lowest BCUT2D eigenvalue weighted by molar-refractivity contribution is 0.169. The van der Waals surface area contributed by atoms with E-state index < -0.39 is 0 Å². The lowest BCUT2D eigenvalue weighted by atomic mass is 10.2. The summed E-state index contributed by atoms with van der Waals surface area (Å²) in [5.41, 5.74) is 0.997. The van der Waals surface area contributed by atoms with Gasteiger partial charge in [-0.25, -0.2) is 4.98 Å². The van der Waals surface area contributed by atoms with Gasteiger partial charge in [0.25, 0.3) is 0 Å². The molecule has 15 heavy (non-hydrogen) atoms. The summed E-state index contributed by atoms with van der Waals surface area (Å²) in [6.45, 7) is 7.89. The molecule has 1 aromatic heterocycles. The summed E-state index contributed by atoms with van der Waals surface area (Å²) >= 11 is 1.63. The molecule has 0 saturated heterocycles. The lowest BCUT2D eigenvalue weighted by Gasteiger charge is -2.11. The third-order valence-electron chi connectivity index (χ3n) is 2.04. The smallest absolute Gasteiger partial charge is 0.0897 e. The molecule has 0 aromatic carbocycles. The van der Waals surface area contributed by atoms with Crippen LogP contribution in [0, 0.1) is 12.8 Å². The fourth-order valence-electron chi connectivity index (χ4n) is 1.35. The van der Waals surface area contributed by atoms with Crippen molar-refractivity contribution in [1.29, 1.82) is 0 Å². The first-order chi connectivity index (χ1) is 7.08. The quantitative estimate of drug-likeness (QED) is 0.777. The van der Waals surface area contributed by atoms with Gasteiger partial charge in [-0.3, -0.25) is 0 Å². The van der Waals surface area contributed by atoms with Gasteiger partial charge < -0.3 is 10.4 Å². The largest absolute Gasteiger partial charge is 0.391 e. The molecular weight excluding hydrogens is 208 g/mol. The molecule has 1 atom stereocenters. The standard InChI is InChI=1S/C11H20N2OS/c1-8(2)5-12-6-11(14)4-10-7-15-9(3)13-10/h7-8,11-12,14H,4-6H2,1-3H3. The Kier molecular flexibility index (Phi) is 5.22. The molecule has 0 bridgehead atoms. The van der Waals surface area contributed by atoms with E-state index in [0.717, 1.165) is 17.2 Å². The fraction of sp³-hybridized carbons (Fsp3) is 0.727. The van der Waals surface area contributed by atoms with E-state index in [1.807, 2.05) is 12.3 Å². The molecule has 0 amide bonds. The molecule has 0 spiro atoms. The number of aromatic nitrogens is 1. The second kappa shape index (κ2) is 6.20. The zero-order chi connectivity index (χ0) is 11.3. The van der Waals surface area contributed by atoms with Gasteiger partial charge in [-0.15, -0.1) is 11.3 Å². The summed E-state index contributed by atoms with van der Waals surface area (Å²) in [6.07, 6.45) is 0.320. The number of hydrogen-bond acceptors (Lipinski definition) is 4. The highest BCUT2D eigenvalue weighted by Crippen LogP contribution is 2.09. The van der Waals surface area contributed by atoms with Crippen LogP contribution in [0.1, 0.15) is 24.5 Å². The Morgan fingerprint density at radius 1 is 1.47 bits per heavy atom. The highest BCUT2D eigenvalue weighted by molar-refractivity contribution is 7.09. The predicted molar refractivity (Wildman–Crippen MR) is 64.3 cm³/mol. The molecule has 1 unspecified atom stereocenters. The molecule has 0 saturated carbocycles. The first-order valence-corrected chi connectivity index (χ1v) is 6.25. The first kappa shape index (κ1) is 12.6. The monoisotopic (exact) mass is 228 g/mol. The van der Waals surface area contributed by atoms with Gasteiger partial charge in [0.15, 0.2) is 0 Å². The maximum atomic E-state index is 9.73. The number of aryl methyl sites for hydroxylation is 1. The van der Waals surface area contributed by atoms with Crippen molar-refractivity contribution in [2.45, 2.75) is 33.3 Å². The van der Waals surface area contributed by atoms with E-state index in [0.29, 0.717) is 18.9 Å². The highest BCUT2D eigenvalue weighted by atomic mass is 32.1. The van der Waals surface area contributed by atoms with Crippen LogP contribution in [-0.4, -0.2) is 29.3 Å². The zero-order valence-corrected chi connectivity index (χ0v) is 10.5. The van der Waals surface area contributed by atoms with Gasteiger partial charge in [-0.2, -0.15) is 0 Å². The van der Waals surface area contributed by atoms with Crippen LogP contribution in [0.25, 0.3) is 0 Å². The molecule has 0 aliphatic heterocycles. The number of nitrogens with one attached hydrogen (secondary N) is 1. The lowest BCUT2D eigenvalue weighted by Crippen LogP contribution is -2.30. The van der Waals surface area contributed by atoms with Crippen molar-refractivity contribution < 1.29 is 5.11 Å². The maximum absolute atomic E-state index is 9.73. The van der Waals surface area contributed by atoms with Crippen LogP contribution in [0.3, 0.4) is 0 Å². The minimum Gasteiger partial charge on any atom is -0.391 e. The first-order valence-electron chi connectivity index (χ1n) is 5.37. The summed E-state index contributed by atoms with van der Waals surface area (Å²) in [7, 11) is 0. The Morgan fingerprint density at radius 3 is 2.73 bits per heavy atom. The van der Waals surface area contributed by atoms with E-state index in [1.165, 1.54) is 0 Å². The molecule has 1 aromatic rings. The highest BCUT2D eigenvalue weighted by Gasteiger charge is 2.07. The summed E-state index contributed by atoms with van der Waals surface area (Å²) in [4.78, 5) is 4.32. The van der Waals surface area contributed by atoms with Gasteiger partial charge in [0, 0.05) is 18.3 Å². The molecular formula is C11H20N2OS. The second-order valence-corrected chi connectivity index (χ2v) is 5.33. The Balaban J connectivity index is 2.21. The van der Waals surface area contributed by atoms with E-state index in [1.54, 1.807) is 11.3 Å². The molecule has 1 heterocycles. The van der Waals surface area contributed by atoms with Crippen molar-refractivity contribution in [1.82, 2.24) is 10.3 Å². The van der Waals surface area contributed by atoms with Crippen molar-refractivity contribution in [3.63, 3.8) is 0 Å². The van der Waals surface area contributed by atoms with E-state index in [9.17, 15) is 5.11 Å². The van der Waals surface area contributed by atoms with Crippen LogP contribution >= 0.6 is 11.3 Å². The van der Waals surface area contributed by atoms with Gasteiger partial charge >= 0.3 is 0 Å². The van der Waals surface area contributed by atoms with E-state index in [4.69, 9.17) is 0 Å². The second-order valence-electron chi connectivity index (χ2n) is 4.27. The third-order valence-corrected chi connectivity index (χ3v) is 2.87. The Morgan fingerprint density at radius 2 is 2.20 bits per heavy atom. The van der Waals surface area contributed by atoms with Crippen molar-refractivity contribution in [2.75, 3.05) is 13.1 Å². The summed E-state index contributed by atoms with van der Waals surface area (Å²) in [6, 6.07) is 0. The number of aliphatic hydroxyl groups is 1. The van der Waals surface area contributed by atoms with Gasteiger partial charge in [0.1, 0.15) is 0 Å². The normalized spacial score (nSPS) is 13.4. The fourth-order valence-corrected chi connectivity index (χ4v) is 1.98. The number of thiazole rings is 1. The average Bonchev–Trinajstić information content (AvgIpc) is 2.50. The third kappa shape index (κ3) is 5.25. The minimum atomic E-state index is -0.328. The zero-order valence-electron chi connectivity index (χ0n) is 9.66. The topological polar surface area (TPSA) is 45.2 Å². The maximum Gasteiger partial charge on any atom is 0.0897 e. The molecule has 0 radical (unpaired) electrons. The predicted octanol–water partition coefficient (Wildman–Crippen LogP) is 1.60. The molecule has 4 heteroatoms. The van der Waals surface area contributed by atoms with Gasteiger partial charge in [-0.05, 0) is 19.4 Å². The molecule has 86 valence electrons. The average molecular weight is 228 g/mol. The number of rotatable bonds is 6. The van der Waals surface area contributed by atoms with E-state index in [-0.39, 0.29) is 6.10 Å². The molecule has 2 N–H and O–H groups in total. The molecule has 3 nitrogen and oxygen atoms in total. The van der Waals surface area contributed by atoms with Crippen LogP contribution < -0.4 is 5.32 Å². The molecule has 0 aliphatic carbocycles. The Labute approximate surface area is 95.6 Å². The van der Waals surface area contributed by atoms with Crippen LogP contribution in [-0.2, 0) is 6.42 Å². The number of aliphatic hydroxyl groups excluding tert-OH is 1. The van der Waals surface area contributed by atoms with Gasteiger partial charge in [0.2, 0.25) is 0 Å². The summed E-state index contributed by atoms with van der Waals surface area (Å²) in [5, 5.41) is 16.0. The van der Waals surface area contributed by atoms with Crippen LogP contribution in [0.4, 0.5) is 0 Å². The van der Waals surface area contributed by atoms with Crippen molar-refractivity contribution in [3.05, 3.63) is 16.1 Å². The summed E-state index contributed by atoms with van der Waals surface area (Å²) in [5.74, 6) is 0.624. The van der Waals surface area contributed by atoms with Crippen LogP contribution in [0.5, 0.6) is 0 Å². The number of hydrogen-bond donors (Lipinski definition) is 2. The minimum absolute atomic E-state index is 0.328. The molecule has 0 aliphatic rings. The van der Waals surface area contributed by atoms with Crippen molar-refractivity contribution >= 4 is 11.3 Å². The Hall–Kier alpha value is -0.450. The number of nitrogens with zero attached hydrogens (tertiary/aromatic N) is 1. The SMILES string of the molecule is Cc1nc(CC(O)CNCC(C)C)cs1. The Bertz CT molecular complexity index is 286. The molecule has 0 fully saturated rings. The van der Waals surface area contributed by atoms with Crippen molar-refractivity contribution in [2.24, 2.45) is 5.92 Å². The van der Waals surface area contributed by atoms with Crippen LogP contribution in [0.2, 0.25) is 0 Å².